The number of nitrogens with one attached hydrogen (secondary N) is 1. The highest BCUT2D eigenvalue weighted by atomic mass is 35.5. The number of rotatable bonds is 2. The summed E-state index contributed by atoms with van der Waals surface area (Å²) in [5.74, 6) is -0.163. The predicted octanol–water partition coefficient (Wildman–Crippen LogP) is 4.34. The fourth-order valence-corrected chi connectivity index (χ4v) is 2.56. The van der Waals surface area contributed by atoms with E-state index in [0.717, 1.165) is 12.1 Å². The van der Waals surface area contributed by atoms with Crippen LogP contribution in [0, 0.1) is 5.82 Å². The third-order valence-corrected chi connectivity index (χ3v) is 3.56. The summed E-state index contributed by atoms with van der Waals surface area (Å²) in [5.41, 5.74) is 2.91. The molecule has 1 unspecified atom stereocenters. The maximum atomic E-state index is 13.7. The SMILES string of the molecule is Cl.Fc1ccccc1-c1ccc(C2CCCN2)cc1. The molecule has 0 aliphatic carbocycles. The minimum atomic E-state index is -0.163. The summed E-state index contributed by atoms with van der Waals surface area (Å²) in [4.78, 5) is 0. The topological polar surface area (TPSA) is 12.0 Å². The molecule has 0 saturated carbocycles. The second-order valence-electron chi connectivity index (χ2n) is 4.75. The predicted molar refractivity (Wildman–Crippen MR) is 79.1 cm³/mol. The van der Waals surface area contributed by atoms with E-state index in [1.54, 1.807) is 6.07 Å². The summed E-state index contributed by atoms with van der Waals surface area (Å²) >= 11 is 0. The van der Waals surface area contributed by atoms with Crippen molar-refractivity contribution in [1.29, 1.82) is 0 Å². The van der Waals surface area contributed by atoms with Crippen LogP contribution in [0.2, 0.25) is 0 Å². The molecule has 3 rings (SSSR count). The van der Waals surface area contributed by atoms with Crippen molar-refractivity contribution in [3.63, 3.8) is 0 Å². The average molecular weight is 278 g/mol. The lowest BCUT2D eigenvalue weighted by atomic mass is 10.00. The Morgan fingerprint density at radius 1 is 1.00 bits per heavy atom. The molecule has 2 aromatic carbocycles. The van der Waals surface area contributed by atoms with E-state index >= 15 is 0 Å². The molecular formula is C16H17ClFN. The summed E-state index contributed by atoms with van der Waals surface area (Å²) in [6, 6.07) is 15.6. The Balaban J connectivity index is 0.00000133. The molecular weight excluding hydrogens is 261 g/mol. The van der Waals surface area contributed by atoms with Crippen molar-refractivity contribution in [3.8, 4) is 11.1 Å². The summed E-state index contributed by atoms with van der Waals surface area (Å²) in [7, 11) is 0. The van der Waals surface area contributed by atoms with Crippen molar-refractivity contribution in [3.05, 3.63) is 59.9 Å². The maximum Gasteiger partial charge on any atom is 0.131 e. The summed E-state index contributed by atoms with van der Waals surface area (Å²) < 4.78 is 13.7. The molecule has 19 heavy (non-hydrogen) atoms. The molecule has 1 fully saturated rings. The maximum absolute atomic E-state index is 13.7. The molecule has 1 aliphatic heterocycles. The molecule has 0 bridgehead atoms. The third-order valence-electron chi connectivity index (χ3n) is 3.56. The van der Waals surface area contributed by atoms with E-state index in [-0.39, 0.29) is 18.2 Å². The summed E-state index contributed by atoms with van der Waals surface area (Å²) in [6.07, 6.45) is 2.43. The van der Waals surface area contributed by atoms with Gasteiger partial charge in [-0.15, -0.1) is 12.4 Å². The van der Waals surface area contributed by atoms with Crippen LogP contribution in [-0.4, -0.2) is 6.54 Å². The first kappa shape index (κ1) is 14.0. The number of halogens is 2. The standard InChI is InChI=1S/C16H16FN.ClH/c17-15-5-2-1-4-14(15)12-7-9-13(10-8-12)16-6-3-11-18-16;/h1-2,4-5,7-10,16,18H,3,6,11H2;1H. The van der Waals surface area contributed by atoms with Crippen LogP contribution in [0.4, 0.5) is 4.39 Å². The smallest absolute Gasteiger partial charge is 0.131 e. The van der Waals surface area contributed by atoms with Crippen LogP contribution in [0.15, 0.2) is 48.5 Å². The minimum absolute atomic E-state index is 0. The van der Waals surface area contributed by atoms with Gasteiger partial charge < -0.3 is 5.32 Å². The molecule has 1 nitrogen and oxygen atoms in total. The molecule has 0 aromatic heterocycles. The van der Waals surface area contributed by atoms with Gasteiger partial charge in [0, 0.05) is 11.6 Å². The Morgan fingerprint density at radius 2 is 1.74 bits per heavy atom. The zero-order valence-corrected chi connectivity index (χ0v) is 11.4. The van der Waals surface area contributed by atoms with Crippen LogP contribution in [0.1, 0.15) is 24.4 Å². The molecule has 3 heteroatoms. The van der Waals surface area contributed by atoms with Crippen LogP contribution < -0.4 is 5.32 Å². The van der Waals surface area contributed by atoms with Crippen molar-refractivity contribution in [2.24, 2.45) is 0 Å². The third kappa shape index (κ3) is 2.96. The lowest BCUT2D eigenvalue weighted by Gasteiger charge is -2.11. The van der Waals surface area contributed by atoms with Gasteiger partial charge in [-0.2, -0.15) is 0 Å². The Kier molecular flexibility index (Phi) is 4.56. The quantitative estimate of drug-likeness (QED) is 0.861. The first-order valence-electron chi connectivity index (χ1n) is 6.43. The van der Waals surface area contributed by atoms with Crippen molar-refractivity contribution < 1.29 is 4.39 Å². The van der Waals surface area contributed by atoms with E-state index in [1.807, 2.05) is 24.3 Å². The summed E-state index contributed by atoms with van der Waals surface area (Å²) in [6.45, 7) is 1.10. The van der Waals surface area contributed by atoms with Crippen molar-refractivity contribution in [1.82, 2.24) is 5.32 Å². The molecule has 1 atom stereocenters. The molecule has 0 amide bonds. The number of hydrogen-bond donors (Lipinski definition) is 1. The Morgan fingerprint density at radius 3 is 2.37 bits per heavy atom. The molecule has 1 N–H and O–H groups in total. The van der Waals surface area contributed by atoms with E-state index in [4.69, 9.17) is 0 Å². The fraction of sp³-hybridized carbons (Fsp3) is 0.250. The van der Waals surface area contributed by atoms with Crippen molar-refractivity contribution >= 4 is 12.4 Å². The van der Waals surface area contributed by atoms with Gasteiger partial charge in [0.05, 0.1) is 0 Å². The molecule has 1 heterocycles. The van der Waals surface area contributed by atoms with Gasteiger partial charge >= 0.3 is 0 Å². The van der Waals surface area contributed by atoms with Gasteiger partial charge in [-0.3, -0.25) is 0 Å². The van der Waals surface area contributed by atoms with E-state index < -0.39 is 0 Å². The van der Waals surface area contributed by atoms with Gasteiger partial charge in [0.15, 0.2) is 0 Å². The lowest BCUT2D eigenvalue weighted by Crippen LogP contribution is -2.12. The van der Waals surface area contributed by atoms with Crippen molar-refractivity contribution in [2.45, 2.75) is 18.9 Å². The monoisotopic (exact) mass is 277 g/mol. The molecule has 1 aliphatic rings. The van der Waals surface area contributed by atoms with Gasteiger partial charge in [-0.25, -0.2) is 4.39 Å². The van der Waals surface area contributed by atoms with Crippen LogP contribution in [0.3, 0.4) is 0 Å². The van der Waals surface area contributed by atoms with Crippen LogP contribution in [0.25, 0.3) is 11.1 Å². The van der Waals surface area contributed by atoms with E-state index in [0.29, 0.717) is 11.6 Å². The van der Waals surface area contributed by atoms with Crippen LogP contribution in [-0.2, 0) is 0 Å². The lowest BCUT2D eigenvalue weighted by molar-refractivity contribution is 0.631. The van der Waals surface area contributed by atoms with Crippen LogP contribution in [0.5, 0.6) is 0 Å². The van der Waals surface area contributed by atoms with Crippen LogP contribution >= 0.6 is 12.4 Å². The zero-order chi connectivity index (χ0) is 12.4. The fourth-order valence-electron chi connectivity index (χ4n) is 2.56. The minimum Gasteiger partial charge on any atom is -0.310 e. The highest BCUT2D eigenvalue weighted by Crippen LogP contribution is 2.27. The van der Waals surface area contributed by atoms with E-state index in [9.17, 15) is 4.39 Å². The second-order valence-corrected chi connectivity index (χ2v) is 4.75. The van der Waals surface area contributed by atoms with E-state index in [1.165, 1.54) is 24.5 Å². The number of hydrogen-bond acceptors (Lipinski definition) is 1. The molecule has 2 aromatic rings. The van der Waals surface area contributed by atoms with Gasteiger partial charge in [-0.1, -0.05) is 42.5 Å². The van der Waals surface area contributed by atoms with Gasteiger partial charge in [0.25, 0.3) is 0 Å². The zero-order valence-electron chi connectivity index (χ0n) is 10.6. The van der Waals surface area contributed by atoms with Gasteiger partial charge in [0.2, 0.25) is 0 Å². The molecule has 100 valence electrons. The summed E-state index contributed by atoms with van der Waals surface area (Å²) in [5, 5.41) is 3.47. The van der Waals surface area contributed by atoms with Crippen molar-refractivity contribution in [2.75, 3.05) is 6.54 Å². The highest BCUT2D eigenvalue weighted by molar-refractivity contribution is 5.85. The Bertz CT molecular complexity index is 533. The first-order chi connectivity index (χ1) is 8.84. The average Bonchev–Trinajstić information content (AvgIpc) is 2.94. The highest BCUT2D eigenvalue weighted by Gasteiger charge is 2.15. The largest absolute Gasteiger partial charge is 0.310 e. The molecule has 0 spiro atoms. The Labute approximate surface area is 119 Å². The van der Waals surface area contributed by atoms with Gasteiger partial charge in [0.1, 0.15) is 5.82 Å². The van der Waals surface area contributed by atoms with E-state index in [2.05, 4.69) is 17.4 Å². The number of benzene rings is 2. The Hall–Kier alpha value is -1.38. The molecule has 0 radical (unpaired) electrons. The van der Waals surface area contributed by atoms with Gasteiger partial charge in [-0.05, 0) is 36.6 Å². The molecule has 1 saturated heterocycles. The first-order valence-corrected chi connectivity index (χ1v) is 6.43. The second kappa shape index (κ2) is 6.18. The normalized spacial score (nSPS) is 18.1.